The van der Waals surface area contributed by atoms with Crippen molar-refractivity contribution in [2.24, 2.45) is 0 Å². The molecule has 3 aromatic heterocycles. The van der Waals surface area contributed by atoms with Crippen molar-refractivity contribution in [3.05, 3.63) is 51.7 Å². The monoisotopic (exact) mass is 300 g/mol. The number of nitrogens with one attached hydrogen (secondary N) is 1. The van der Waals surface area contributed by atoms with Crippen LogP contribution in [0.5, 0.6) is 0 Å². The maximum atomic E-state index is 12.4. The van der Waals surface area contributed by atoms with Crippen LogP contribution in [0.1, 0.15) is 5.69 Å². The smallest absolute Gasteiger partial charge is 0.280 e. The van der Waals surface area contributed by atoms with Gasteiger partial charge in [-0.05, 0) is 31.2 Å². The van der Waals surface area contributed by atoms with Crippen molar-refractivity contribution in [3.8, 4) is 5.69 Å². The van der Waals surface area contributed by atoms with Gasteiger partial charge in [-0.15, -0.1) is 0 Å². The Morgan fingerprint density at radius 2 is 2.00 bits per heavy atom. The molecule has 0 radical (unpaired) electrons. The minimum Gasteiger partial charge on any atom is -0.280 e. The van der Waals surface area contributed by atoms with E-state index in [0.717, 1.165) is 5.69 Å². The van der Waals surface area contributed by atoms with Crippen molar-refractivity contribution in [1.82, 2.24) is 29.4 Å². The Bertz CT molecular complexity index is 1030. The largest absolute Gasteiger partial charge is 0.287 e. The van der Waals surface area contributed by atoms with Crippen molar-refractivity contribution >= 4 is 28.4 Å². The molecule has 21 heavy (non-hydrogen) atoms. The lowest BCUT2D eigenvalue weighted by atomic mass is 10.3. The van der Waals surface area contributed by atoms with Gasteiger partial charge in [0, 0.05) is 10.7 Å². The molecule has 0 saturated heterocycles. The molecule has 0 unspecified atom stereocenters. The van der Waals surface area contributed by atoms with E-state index in [4.69, 9.17) is 11.6 Å². The van der Waals surface area contributed by atoms with Crippen LogP contribution >= 0.6 is 11.6 Å². The van der Waals surface area contributed by atoms with E-state index in [1.54, 1.807) is 30.0 Å². The number of aromatic amines is 1. The first-order valence-electron chi connectivity index (χ1n) is 6.22. The highest BCUT2D eigenvalue weighted by Gasteiger charge is 2.15. The van der Waals surface area contributed by atoms with Gasteiger partial charge in [-0.2, -0.15) is 19.7 Å². The van der Waals surface area contributed by atoms with Crippen LogP contribution in [0.2, 0.25) is 5.02 Å². The van der Waals surface area contributed by atoms with Gasteiger partial charge in [-0.3, -0.25) is 14.5 Å². The van der Waals surface area contributed by atoms with Crippen LogP contribution in [0, 0.1) is 6.92 Å². The Morgan fingerprint density at radius 3 is 2.76 bits per heavy atom. The number of hydrogen-bond acceptors (Lipinski definition) is 4. The number of benzene rings is 1. The van der Waals surface area contributed by atoms with E-state index in [1.165, 1.54) is 4.52 Å². The van der Waals surface area contributed by atoms with Gasteiger partial charge in [0.05, 0.1) is 5.69 Å². The maximum Gasteiger partial charge on any atom is 0.287 e. The summed E-state index contributed by atoms with van der Waals surface area (Å²) in [5, 5.41) is 12.0. The molecular formula is C13H9ClN6O. The summed E-state index contributed by atoms with van der Waals surface area (Å²) in [5.41, 5.74) is 1.63. The van der Waals surface area contributed by atoms with Crippen molar-refractivity contribution in [1.29, 1.82) is 0 Å². The Morgan fingerprint density at radius 1 is 1.24 bits per heavy atom. The van der Waals surface area contributed by atoms with Gasteiger partial charge in [0.25, 0.3) is 5.56 Å². The van der Waals surface area contributed by atoms with Crippen molar-refractivity contribution in [2.45, 2.75) is 6.92 Å². The zero-order chi connectivity index (χ0) is 14.6. The summed E-state index contributed by atoms with van der Waals surface area (Å²) in [4.78, 5) is 16.8. The number of nitrogens with zero attached hydrogens (tertiary/aromatic N) is 5. The van der Waals surface area contributed by atoms with Crippen molar-refractivity contribution in [2.75, 3.05) is 0 Å². The number of aryl methyl sites for hydroxylation is 1. The summed E-state index contributed by atoms with van der Waals surface area (Å²) in [7, 11) is 0. The number of H-pyrrole nitrogens is 1. The average molecular weight is 301 g/mol. The molecule has 0 fully saturated rings. The first-order chi connectivity index (χ1) is 10.1. The normalized spacial score (nSPS) is 11.5. The molecule has 0 spiro atoms. The molecule has 0 aliphatic rings. The molecule has 0 bridgehead atoms. The van der Waals surface area contributed by atoms with E-state index in [9.17, 15) is 4.79 Å². The molecule has 7 nitrogen and oxygen atoms in total. The number of rotatable bonds is 1. The zero-order valence-corrected chi connectivity index (χ0v) is 11.7. The van der Waals surface area contributed by atoms with Crippen LogP contribution in [0.3, 0.4) is 0 Å². The Hall–Kier alpha value is -2.67. The highest BCUT2D eigenvalue weighted by molar-refractivity contribution is 6.30. The van der Waals surface area contributed by atoms with Gasteiger partial charge >= 0.3 is 0 Å². The highest BCUT2D eigenvalue weighted by Crippen LogP contribution is 2.16. The Balaban J connectivity index is 2.08. The van der Waals surface area contributed by atoms with Crippen LogP contribution in [-0.4, -0.2) is 29.4 Å². The summed E-state index contributed by atoms with van der Waals surface area (Å²) in [6.07, 6.45) is 1.55. The summed E-state index contributed by atoms with van der Waals surface area (Å²) in [5.74, 6) is 0.404. The van der Waals surface area contributed by atoms with Crippen LogP contribution < -0.4 is 5.56 Å². The van der Waals surface area contributed by atoms with Crippen LogP contribution in [0.25, 0.3) is 22.5 Å². The number of aromatic nitrogens is 6. The van der Waals surface area contributed by atoms with Crippen LogP contribution in [0.15, 0.2) is 35.4 Å². The van der Waals surface area contributed by atoms with Gasteiger partial charge in [-0.1, -0.05) is 11.6 Å². The third-order valence-electron chi connectivity index (χ3n) is 3.33. The quantitative estimate of drug-likeness (QED) is 0.580. The lowest BCUT2D eigenvalue weighted by molar-refractivity contribution is 0.913. The fourth-order valence-electron chi connectivity index (χ4n) is 2.29. The van der Waals surface area contributed by atoms with E-state index in [0.29, 0.717) is 27.5 Å². The Labute approximate surface area is 122 Å². The van der Waals surface area contributed by atoms with E-state index >= 15 is 0 Å². The van der Waals surface area contributed by atoms with Gasteiger partial charge in [0.15, 0.2) is 5.65 Å². The first-order valence-corrected chi connectivity index (χ1v) is 6.60. The van der Waals surface area contributed by atoms with E-state index < -0.39 is 0 Å². The average Bonchev–Trinajstić information content (AvgIpc) is 3.05. The molecule has 0 aliphatic carbocycles. The highest BCUT2D eigenvalue weighted by atomic mass is 35.5. The number of hydrogen-bond donors (Lipinski definition) is 1. The molecule has 4 aromatic rings. The predicted molar refractivity (Wildman–Crippen MR) is 78.0 cm³/mol. The number of fused-ring (bicyclic) bond motifs is 2. The second-order valence-electron chi connectivity index (χ2n) is 4.65. The molecule has 0 amide bonds. The SMILES string of the molecule is Cc1[nH]nc2nc3n(-c4ccc(Cl)cc4)cnn3c(=O)c12. The van der Waals surface area contributed by atoms with Crippen LogP contribution in [-0.2, 0) is 0 Å². The molecular weight excluding hydrogens is 292 g/mol. The van der Waals surface area contributed by atoms with Gasteiger partial charge in [-0.25, -0.2) is 0 Å². The molecule has 1 aromatic carbocycles. The second kappa shape index (κ2) is 4.16. The molecule has 1 N–H and O–H groups in total. The fourth-order valence-corrected chi connectivity index (χ4v) is 2.42. The van der Waals surface area contributed by atoms with E-state index in [2.05, 4.69) is 20.3 Å². The van der Waals surface area contributed by atoms with Crippen molar-refractivity contribution in [3.63, 3.8) is 0 Å². The van der Waals surface area contributed by atoms with Crippen LogP contribution in [0.4, 0.5) is 0 Å². The molecule has 3 heterocycles. The Kier molecular flexibility index (Phi) is 2.40. The summed E-state index contributed by atoms with van der Waals surface area (Å²) < 4.78 is 2.97. The first kappa shape index (κ1) is 12.1. The van der Waals surface area contributed by atoms with Gasteiger partial charge < -0.3 is 0 Å². The second-order valence-corrected chi connectivity index (χ2v) is 5.09. The lowest BCUT2D eigenvalue weighted by Crippen LogP contribution is -2.16. The van der Waals surface area contributed by atoms with Crippen molar-refractivity contribution < 1.29 is 0 Å². The molecule has 0 aliphatic heterocycles. The molecule has 104 valence electrons. The standard InChI is InChI=1S/C13H9ClN6O/c1-7-10-11(18-17-7)16-13-19(6-15-20(13)12(10)21)9-4-2-8(14)3-5-9/h2-6H,1H3,(H,17,18). The molecule has 0 saturated carbocycles. The minimum absolute atomic E-state index is 0.242. The predicted octanol–water partition coefficient (Wildman–Crippen LogP) is 1.72. The third kappa shape index (κ3) is 1.67. The summed E-state index contributed by atoms with van der Waals surface area (Å²) >= 11 is 5.89. The van der Waals surface area contributed by atoms with E-state index in [-0.39, 0.29) is 5.56 Å². The molecule has 8 heteroatoms. The van der Waals surface area contributed by atoms with E-state index in [1.807, 2.05) is 12.1 Å². The number of halogens is 1. The van der Waals surface area contributed by atoms with Gasteiger partial charge in [0.1, 0.15) is 11.7 Å². The zero-order valence-electron chi connectivity index (χ0n) is 10.9. The minimum atomic E-state index is -0.242. The molecule has 0 atom stereocenters. The third-order valence-corrected chi connectivity index (χ3v) is 3.58. The summed E-state index contributed by atoms with van der Waals surface area (Å²) in [6.45, 7) is 1.78. The topological polar surface area (TPSA) is 80.9 Å². The maximum absolute atomic E-state index is 12.4. The lowest BCUT2D eigenvalue weighted by Gasteiger charge is -2.02. The summed E-state index contributed by atoms with van der Waals surface area (Å²) in [6, 6.07) is 7.19. The van der Waals surface area contributed by atoms with Gasteiger partial charge in [0.2, 0.25) is 5.78 Å². The fraction of sp³-hybridized carbons (Fsp3) is 0.0769. The molecule has 4 rings (SSSR count).